The van der Waals surface area contributed by atoms with Crippen LogP contribution in [0, 0.1) is 0 Å². The molecule has 5 nitrogen and oxygen atoms in total. The van der Waals surface area contributed by atoms with Crippen molar-refractivity contribution in [3.05, 3.63) is 59.8 Å². The van der Waals surface area contributed by atoms with Crippen molar-refractivity contribution in [3.63, 3.8) is 0 Å². The summed E-state index contributed by atoms with van der Waals surface area (Å²) in [6.07, 6.45) is 4.97. The highest BCUT2D eigenvalue weighted by Gasteiger charge is 2.50. The van der Waals surface area contributed by atoms with Crippen LogP contribution < -0.4 is 0 Å². The van der Waals surface area contributed by atoms with Crippen molar-refractivity contribution in [2.75, 3.05) is 5.75 Å². The third-order valence-corrected chi connectivity index (χ3v) is 7.02. The minimum absolute atomic E-state index is 0.0330. The molecule has 2 aliphatic rings. The summed E-state index contributed by atoms with van der Waals surface area (Å²) in [6, 6.07) is 12.7. The van der Waals surface area contributed by atoms with Crippen molar-refractivity contribution in [2.45, 2.75) is 49.8 Å². The molecule has 0 saturated heterocycles. The van der Waals surface area contributed by atoms with E-state index in [1.165, 1.54) is 5.56 Å². The average Bonchev–Trinajstić information content (AvgIpc) is 3.42. The highest BCUT2D eigenvalue weighted by Crippen LogP contribution is 2.53. The second-order valence-electron chi connectivity index (χ2n) is 8.14. The van der Waals surface area contributed by atoms with Crippen LogP contribution in [0.5, 0.6) is 0 Å². The maximum Gasteiger partial charge on any atom is 0.143 e. The van der Waals surface area contributed by atoms with Gasteiger partial charge in [0.05, 0.1) is 11.1 Å². The Kier molecular flexibility index (Phi) is 3.86. The molecule has 0 spiro atoms. The topological polar surface area (TPSA) is 56.5 Å². The molecule has 1 fully saturated rings. The first-order valence-electron chi connectivity index (χ1n) is 9.53. The van der Waals surface area contributed by atoms with E-state index < -0.39 is 0 Å². The van der Waals surface area contributed by atoms with Gasteiger partial charge in [-0.15, -0.1) is 10.2 Å². The fourth-order valence-electron chi connectivity index (χ4n) is 4.08. The zero-order chi connectivity index (χ0) is 18.5. The summed E-state index contributed by atoms with van der Waals surface area (Å²) in [6.45, 7) is 5.62. The van der Waals surface area contributed by atoms with E-state index in [1.807, 2.05) is 23.9 Å². The molecule has 1 aliphatic heterocycles. The van der Waals surface area contributed by atoms with Crippen LogP contribution in [0.1, 0.15) is 43.9 Å². The molecule has 3 aromatic rings. The fraction of sp³-hybridized carbons (Fsp3) is 0.429. The highest BCUT2D eigenvalue weighted by molar-refractivity contribution is 8.00. The molecular weight excluding hydrogens is 354 g/mol. The first kappa shape index (κ1) is 16.9. The van der Waals surface area contributed by atoms with Crippen LogP contribution in [0.2, 0.25) is 0 Å². The van der Waals surface area contributed by atoms with Crippen LogP contribution in [0.4, 0.5) is 0 Å². The van der Waals surface area contributed by atoms with Gasteiger partial charge in [-0.1, -0.05) is 38.1 Å². The van der Waals surface area contributed by atoms with E-state index in [4.69, 9.17) is 0 Å². The Morgan fingerprint density at radius 1 is 1.00 bits per heavy atom. The van der Waals surface area contributed by atoms with Gasteiger partial charge in [0.1, 0.15) is 11.6 Å². The molecule has 6 heteroatoms. The minimum Gasteiger partial charge on any atom is -0.313 e. The molecule has 3 heterocycles. The standard InChI is InChI=1S/C21H23N5S/c1-20(2)14-18-24-25-19(26(18)12-13-27-20)21(9-10-21)16-7-5-15(6-8-16)17-4-3-11-22-23-17/h3-8,11H,9-10,12-14H2,1-2H3. The number of thioether (sulfide) groups is 1. The van der Waals surface area contributed by atoms with Gasteiger partial charge >= 0.3 is 0 Å². The van der Waals surface area contributed by atoms with Gasteiger partial charge in [0.2, 0.25) is 0 Å². The predicted molar refractivity (Wildman–Crippen MR) is 108 cm³/mol. The van der Waals surface area contributed by atoms with Gasteiger partial charge in [-0.3, -0.25) is 0 Å². The molecule has 0 atom stereocenters. The summed E-state index contributed by atoms with van der Waals surface area (Å²) >= 11 is 2.04. The Balaban J connectivity index is 1.49. The average molecular weight is 378 g/mol. The lowest BCUT2D eigenvalue weighted by Gasteiger charge is -2.19. The lowest BCUT2D eigenvalue weighted by atomic mass is 9.93. The van der Waals surface area contributed by atoms with Gasteiger partial charge in [-0.25, -0.2) is 0 Å². The van der Waals surface area contributed by atoms with Gasteiger partial charge in [-0.05, 0) is 30.5 Å². The van der Waals surface area contributed by atoms with Gasteiger partial charge in [0.25, 0.3) is 0 Å². The second kappa shape index (κ2) is 6.16. The van der Waals surface area contributed by atoms with Crippen molar-refractivity contribution in [1.29, 1.82) is 0 Å². The zero-order valence-electron chi connectivity index (χ0n) is 15.7. The van der Waals surface area contributed by atoms with Crippen LogP contribution in [0.3, 0.4) is 0 Å². The number of benzene rings is 1. The Bertz CT molecular complexity index is 958. The summed E-state index contributed by atoms with van der Waals surface area (Å²) in [4.78, 5) is 0. The van der Waals surface area contributed by atoms with Crippen molar-refractivity contribution < 1.29 is 0 Å². The third kappa shape index (κ3) is 2.96. The van der Waals surface area contributed by atoms with Crippen molar-refractivity contribution >= 4 is 11.8 Å². The maximum atomic E-state index is 4.68. The van der Waals surface area contributed by atoms with E-state index in [0.717, 1.165) is 54.5 Å². The quantitative estimate of drug-likeness (QED) is 0.693. The molecule has 2 aromatic heterocycles. The SMILES string of the molecule is CC1(C)Cc2nnc(C3(c4ccc(-c5cccnn5)cc4)CC3)n2CCS1. The molecule has 0 unspecified atom stereocenters. The van der Waals surface area contributed by atoms with Crippen LogP contribution in [-0.2, 0) is 18.4 Å². The largest absolute Gasteiger partial charge is 0.313 e. The monoisotopic (exact) mass is 377 g/mol. The van der Waals surface area contributed by atoms with E-state index in [-0.39, 0.29) is 10.2 Å². The van der Waals surface area contributed by atoms with E-state index in [1.54, 1.807) is 6.20 Å². The fourth-order valence-corrected chi connectivity index (χ4v) is 5.14. The van der Waals surface area contributed by atoms with E-state index in [2.05, 4.69) is 63.1 Å². The number of nitrogens with zero attached hydrogens (tertiary/aromatic N) is 5. The maximum absolute atomic E-state index is 4.68. The highest BCUT2D eigenvalue weighted by atomic mass is 32.2. The smallest absolute Gasteiger partial charge is 0.143 e. The van der Waals surface area contributed by atoms with Crippen LogP contribution >= 0.6 is 11.8 Å². The van der Waals surface area contributed by atoms with Gasteiger partial charge in [0, 0.05) is 35.2 Å². The molecule has 5 rings (SSSR count). The number of hydrogen-bond acceptors (Lipinski definition) is 5. The van der Waals surface area contributed by atoms with Crippen molar-refractivity contribution in [1.82, 2.24) is 25.0 Å². The van der Waals surface area contributed by atoms with Crippen molar-refractivity contribution in [2.24, 2.45) is 0 Å². The molecule has 0 N–H and O–H groups in total. The molecule has 0 amide bonds. The van der Waals surface area contributed by atoms with Crippen molar-refractivity contribution in [3.8, 4) is 11.3 Å². The molecule has 0 bridgehead atoms. The lowest BCUT2D eigenvalue weighted by Crippen LogP contribution is -2.19. The molecule has 138 valence electrons. The number of fused-ring (bicyclic) bond motifs is 1. The van der Waals surface area contributed by atoms with Crippen LogP contribution in [0.25, 0.3) is 11.3 Å². The molecule has 1 aromatic carbocycles. The second-order valence-corrected chi connectivity index (χ2v) is 9.95. The summed E-state index contributed by atoms with van der Waals surface area (Å²) in [5.74, 6) is 3.41. The molecular formula is C21H23N5S. The lowest BCUT2D eigenvalue weighted by molar-refractivity contribution is 0.607. The molecule has 27 heavy (non-hydrogen) atoms. The predicted octanol–water partition coefficient (Wildman–Crippen LogP) is 3.88. The van der Waals surface area contributed by atoms with Crippen LogP contribution in [0.15, 0.2) is 42.6 Å². The number of hydrogen-bond donors (Lipinski definition) is 0. The molecule has 0 radical (unpaired) electrons. The van der Waals surface area contributed by atoms with E-state index >= 15 is 0 Å². The Morgan fingerprint density at radius 3 is 2.52 bits per heavy atom. The van der Waals surface area contributed by atoms with Gasteiger partial charge in [0.15, 0.2) is 0 Å². The summed E-state index contributed by atoms with van der Waals surface area (Å²) in [5, 5.41) is 17.5. The van der Waals surface area contributed by atoms with Gasteiger partial charge in [-0.2, -0.15) is 22.0 Å². The Hall–Kier alpha value is -2.21. The summed E-state index contributed by atoms with van der Waals surface area (Å²) < 4.78 is 2.62. The summed E-state index contributed by atoms with van der Waals surface area (Å²) in [7, 11) is 0. The minimum atomic E-state index is 0.0330. The molecule has 1 aliphatic carbocycles. The van der Waals surface area contributed by atoms with E-state index in [0.29, 0.717) is 0 Å². The van der Waals surface area contributed by atoms with Gasteiger partial charge < -0.3 is 4.57 Å². The summed E-state index contributed by atoms with van der Waals surface area (Å²) in [5.41, 5.74) is 3.37. The third-order valence-electron chi connectivity index (χ3n) is 5.70. The van der Waals surface area contributed by atoms with Crippen LogP contribution in [-0.4, -0.2) is 35.5 Å². The number of rotatable bonds is 3. The first-order valence-corrected chi connectivity index (χ1v) is 10.5. The first-order chi connectivity index (χ1) is 13.1. The molecule has 1 saturated carbocycles. The Labute approximate surface area is 163 Å². The van der Waals surface area contributed by atoms with E-state index in [9.17, 15) is 0 Å². The number of aromatic nitrogens is 5. The Morgan fingerprint density at radius 2 is 1.81 bits per heavy atom. The normalized spacial score (nSPS) is 19.9. The zero-order valence-corrected chi connectivity index (χ0v) is 16.5.